The van der Waals surface area contributed by atoms with E-state index in [4.69, 9.17) is 18.9 Å². The molecule has 4 aromatic carbocycles. The Bertz CT molecular complexity index is 2130. The van der Waals surface area contributed by atoms with Crippen LogP contribution in [0, 0.1) is 22.9 Å². The third kappa shape index (κ3) is 6.61. The van der Waals surface area contributed by atoms with Gasteiger partial charge in [0.2, 0.25) is 11.6 Å². The maximum Gasteiger partial charge on any atom is 0.245 e. The van der Waals surface area contributed by atoms with Crippen molar-refractivity contribution in [1.29, 1.82) is 0 Å². The first-order chi connectivity index (χ1) is 26.0. The van der Waals surface area contributed by atoms with Crippen molar-refractivity contribution in [2.75, 3.05) is 0 Å². The molecule has 8 heteroatoms. The monoisotopic (exact) mass is 790 g/mol. The summed E-state index contributed by atoms with van der Waals surface area (Å²) in [6, 6.07) is 11.4. The zero-order valence-corrected chi connectivity index (χ0v) is 38.5. The van der Waals surface area contributed by atoms with Crippen LogP contribution in [0.15, 0.2) is 36.4 Å². The molecule has 0 saturated carbocycles. The van der Waals surface area contributed by atoms with E-state index >= 15 is 0 Å². The van der Waals surface area contributed by atoms with Gasteiger partial charge in [0, 0.05) is 60.7 Å². The van der Waals surface area contributed by atoms with E-state index in [1.165, 1.54) is 0 Å². The molecule has 2 aliphatic heterocycles. The molecule has 2 heterocycles. The average Bonchev–Trinajstić information content (AvgIpc) is 3.07. The molecule has 0 aliphatic carbocycles. The molecule has 6 nitrogen and oxygen atoms in total. The van der Waals surface area contributed by atoms with E-state index in [2.05, 4.69) is 106 Å². The van der Waals surface area contributed by atoms with Gasteiger partial charge in [0.15, 0.2) is 0 Å². The summed E-state index contributed by atoms with van der Waals surface area (Å²) in [5.74, 6) is 7.50. The molecule has 56 heavy (non-hydrogen) atoms. The first-order valence-electron chi connectivity index (χ1n) is 20.5. The molecule has 0 spiro atoms. The number of hydrogen-bond donors (Lipinski definition) is 2. The number of phenols is 2. The second-order valence-corrected chi connectivity index (χ2v) is 29.9. The van der Waals surface area contributed by atoms with Gasteiger partial charge in [0.05, 0.1) is 10.8 Å². The van der Waals surface area contributed by atoms with Gasteiger partial charge in [-0.2, -0.15) is 0 Å². The number of hydrogen-bond acceptors (Lipinski definition) is 6. The topological polar surface area (TPSA) is 77.4 Å². The Hall–Kier alpha value is -4.25. The highest BCUT2D eigenvalue weighted by molar-refractivity contribution is 6.91. The Kier molecular flexibility index (Phi) is 10.6. The van der Waals surface area contributed by atoms with Crippen LogP contribution >= 0.6 is 0 Å². The normalized spacial score (nSPS) is 15.8. The fourth-order valence-corrected chi connectivity index (χ4v) is 20.7. The lowest BCUT2D eigenvalue weighted by molar-refractivity contribution is -0.0867. The van der Waals surface area contributed by atoms with Gasteiger partial charge in [0.25, 0.3) is 0 Å². The van der Waals surface area contributed by atoms with Crippen molar-refractivity contribution < 1.29 is 29.2 Å². The van der Waals surface area contributed by atoms with E-state index in [0.717, 1.165) is 0 Å². The van der Waals surface area contributed by atoms with Gasteiger partial charge >= 0.3 is 0 Å². The molecule has 0 saturated heterocycles. The SMILES string of the molecule is CC(C)[Si](C#Cc1ccc2c3c(cc(-c4cc5c6c(ccc(C#C[Si](C(C)C)(C(C)C)C(C)C)c6c4O)OC(C)(C)O5)c(O)c13)OC(C)(C)O2)(C(C)C)C(C)C. The third-order valence-electron chi connectivity index (χ3n) is 12.6. The van der Waals surface area contributed by atoms with Crippen molar-refractivity contribution >= 4 is 37.7 Å². The molecule has 6 rings (SSSR count). The van der Waals surface area contributed by atoms with Crippen molar-refractivity contribution in [3.05, 3.63) is 47.5 Å². The Balaban J connectivity index is 1.71. The summed E-state index contributed by atoms with van der Waals surface area (Å²) in [6.07, 6.45) is 0. The second-order valence-electron chi connectivity index (χ2n) is 18.8. The van der Waals surface area contributed by atoms with Gasteiger partial charge in [-0.25, -0.2) is 0 Å². The van der Waals surface area contributed by atoms with Gasteiger partial charge in [0.1, 0.15) is 50.6 Å². The molecular formula is C48H62O6Si2. The first-order valence-corrected chi connectivity index (χ1v) is 24.9. The Morgan fingerprint density at radius 2 is 0.732 bits per heavy atom. The second kappa shape index (κ2) is 14.3. The Morgan fingerprint density at radius 3 is 1.02 bits per heavy atom. The third-order valence-corrected chi connectivity index (χ3v) is 25.2. The van der Waals surface area contributed by atoms with Crippen LogP contribution in [0.25, 0.3) is 32.7 Å². The van der Waals surface area contributed by atoms with Crippen molar-refractivity contribution in [3.63, 3.8) is 0 Å². The fourth-order valence-electron chi connectivity index (χ4n) is 10.2. The number of ether oxygens (including phenoxy) is 4. The van der Waals surface area contributed by atoms with Crippen molar-refractivity contribution in [2.45, 2.75) is 156 Å². The predicted molar refractivity (Wildman–Crippen MR) is 237 cm³/mol. The molecule has 2 aliphatic rings. The molecule has 0 unspecified atom stereocenters. The van der Waals surface area contributed by atoms with Crippen LogP contribution in [-0.2, 0) is 0 Å². The van der Waals surface area contributed by atoms with Crippen LogP contribution in [0.3, 0.4) is 0 Å². The van der Waals surface area contributed by atoms with Crippen molar-refractivity contribution in [3.8, 4) is 68.6 Å². The van der Waals surface area contributed by atoms with E-state index in [0.29, 0.717) is 100 Å². The molecule has 0 atom stereocenters. The largest absolute Gasteiger partial charge is 0.507 e. The molecule has 0 aromatic heterocycles. The lowest BCUT2D eigenvalue weighted by atomic mass is 9.91. The molecule has 0 fully saturated rings. The quantitative estimate of drug-likeness (QED) is 0.143. The summed E-state index contributed by atoms with van der Waals surface area (Å²) in [5.41, 5.74) is 12.5. The van der Waals surface area contributed by atoms with Crippen LogP contribution in [-0.4, -0.2) is 37.9 Å². The number of aromatic hydroxyl groups is 2. The Labute approximate surface area is 337 Å². The van der Waals surface area contributed by atoms with Gasteiger partial charge < -0.3 is 29.2 Å². The molecule has 0 radical (unpaired) electrons. The predicted octanol–water partition coefficient (Wildman–Crippen LogP) is 13.2. The number of rotatable bonds is 7. The molecule has 298 valence electrons. The molecule has 0 amide bonds. The zero-order chi connectivity index (χ0) is 41.4. The summed E-state index contributed by atoms with van der Waals surface area (Å²) in [4.78, 5) is 0. The van der Waals surface area contributed by atoms with Gasteiger partial charge in [-0.3, -0.25) is 0 Å². The van der Waals surface area contributed by atoms with Gasteiger partial charge in [-0.1, -0.05) is 94.9 Å². The zero-order valence-electron chi connectivity index (χ0n) is 36.5. The standard InChI is InChI=1S/C48H62O6Si2/c1-27(2)55(28(3)4,29(5)6)23-21-33-17-19-37-43-39(53-47(13,14)51-37)25-35(45(49)41(33)43)36-26-40-44-38(52-48(15,16)54-40)20-18-34(42(44)46(36)50)22-24-56(30(7)8,31(9)10)32(11)12/h17-20,25-32,49-50H,1-16H3. The minimum Gasteiger partial charge on any atom is -0.507 e. The van der Waals surface area contributed by atoms with Crippen molar-refractivity contribution in [2.24, 2.45) is 0 Å². The molecule has 2 N–H and O–H groups in total. The highest BCUT2D eigenvalue weighted by Crippen LogP contribution is 2.55. The van der Waals surface area contributed by atoms with Gasteiger partial charge in [-0.15, -0.1) is 11.1 Å². The van der Waals surface area contributed by atoms with Crippen LogP contribution in [0.5, 0.6) is 34.5 Å². The van der Waals surface area contributed by atoms with E-state index in [-0.39, 0.29) is 11.5 Å². The first kappa shape index (κ1) is 41.4. The summed E-state index contributed by atoms with van der Waals surface area (Å²) in [6.45, 7) is 35.0. The lowest BCUT2D eigenvalue weighted by Gasteiger charge is -2.38. The minimum atomic E-state index is -2.13. The lowest BCUT2D eigenvalue weighted by Crippen LogP contribution is -2.43. The van der Waals surface area contributed by atoms with E-state index < -0.39 is 27.7 Å². The summed E-state index contributed by atoms with van der Waals surface area (Å²) < 4.78 is 25.7. The summed E-state index contributed by atoms with van der Waals surface area (Å²) in [7, 11) is -4.27. The highest BCUT2D eigenvalue weighted by atomic mass is 28.3. The van der Waals surface area contributed by atoms with Crippen LogP contribution < -0.4 is 18.9 Å². The maximum absolute atomic E-state index is 12.6. The Morgan fingerprint density at radius 1 is 0.446 bits per heavy atom. The van der Waals surface area contributed by atoms with E-state index in [9.17, 15) is 10.2 Å². The highest BCUT2D eigenvalue weighted by Gasteiger charge is 2.43. The minimum absolute atomic E-state index is 0.0180. The van der Waals surface area contributed by atoms with Crippen LogP contribution in [0.4, 0.5) is 0 Å². The fraction of sp³-hybridized carbons (Fsp3) is 0.500. The summed E-state index contributed by atoms with van der Waals surface area (Å²) in [5, 5.41) is 27.5. The van der Waals surface area contributed by atoms with Crippen LogP contribution in [0.1, 0.15) is 122 Å². The molecule has 4 aromatic rings. The van der Waals surface area contributed by atoms with Gasteiger partial charge in [-0.05, 0) is 69.6 Å². The molecular weight excluding hydrogens is 729 g/mol. The van der Waals surface area contributed by atoms with Crippen LogP contribution in [0.2, 0.25) is 33.2 Å². The summed E-state index contributed by atoms with van der Waals surface area (Å²) >= 11 is 0. The smallest absolute Gasteiger partial charge is 0.245 e. The van der Waals surface area contributed by atoms with Crippen molar-refractivity contribution in [1.82, 2.24) is 0 Å². The maximum atomic E-state index is 12.6. The average molecular weight is 791 g/mol. The molecule has 0 bridgehead atoms. The van der Waals surface area contributed by atoms with E-state index in [1.54, 1.807) is 12.1 Å². The number of benzene rings is 4. The van der Waals surface area contributed by atoms with E-state index in [1.807, 2.05) is 52.0 Å². The number of phenolic OH excluding ortho intramolecular Hbond substituents is 2.